The fourth-order valence-corrected chi connectivity index (χ4v) is 5.37. The third-order valence-electron chi connectivity index (χ3n) is 7.56. The molecule has 3 nitrogen and oxygen atoms in total. The molecule has 0 spiro atoms. The smallest absolute Gasteiger partial charge is 0.309 e. The van der Waals surface area contributed by atoms with E-state index in [4.69, 9.17) is 10.00 Å². The maximum atomic E-state index is 12.9. The van der Waals surface area contributed by atoms with E-state index in [1.165, 1.54) is 55.4 Å². The molecule has 1 aromatic carbocycles. The normalized spacial score (nSPS) is 25.7. The average Bonchev–Trinajstić information content (AvgIpc) is 2.88. The third-order valence-corrected chi connectivity index (χ3v) is 7.56. The van der Waals surface area contributed by atoms with Crippen molar-refractivity contribution in [3.05, 3.63) is 59.4 Å². The average molecular weight is 466 g/mol. The molecule has 0 bridgehead atoms. The quantitative estimate of drug-likeness (QED) is 0.152. The minimum absolute atomic E-state index is 0.00568. The molecule has 0 atom stereocenters. The third kappa shape index (κ3) is 8.42. The van der Waals surface area contributed by atoms with E-state index in [2.05, 4.69) is 31.2 Å². The second-order valence-corrected chi connectivity index (χ2v) is 10.1. The second-order valence-electron chi connectivity index (χ2n) is 10.1. The van der Waals surface area contributed by atoms with E-state index in [9.17, 15) is 9.18 Å². The molecule has 4 heteroatoms. The van der Waals surface area contributed by atoms with E-state index in [0.717, 1.165) is 51.4 Å². The van der Waals surface area contributed by atoms with E-state index in [1.807, 2.05) is 6.08 Å². The summed E-state index contributed by atoms with van der Waals surface area (Å²) in [5, 5.41) is 8.44. The lowest BCUT2D eigenvalue weighted by atomic mass is 9.78. The van der Waals surface area contributed by atoms with Crippen LogP contribution in [-0.2, 0) is 16.0 Å². The van der Waals surface area contributed by atoms with Crippen LogP contribution in [-0.4, -0.2) is 12.1 Å². The van der Waals surface area contributed by atoms with Gasteiger partial charge in [-0.2, -0.15) is 9.65 Å². The zero-order valence-electron chi connectivity index (χ0n) is 20.7. The number of esters is 1. The molecule has 0 N–H and O–H groups in total. The monoisotopic (exact) mass is 465 g/mol. The Bertz CT molecular complexity index is 851. The van der Waals surface area contributed by atoms with Gasteiger partial charge in [0.2, 0.25) is 0 Å². The number of benzene rings is 1. The summed E-state index contributed by atoms with van der Waals surface area (Å²) < 4.78 is 18.7. The summed E-state index contributed by atoms with van der Waals surface area (Å²) in [5.41, 5.74) is 2.85. The summed E-state index contributed by atoms with van der Waals surface area (Å²) in [6, 6.07) is 10.7. The van der Waals surface area contributed by atoms with E-state index < -0.39 is 5.83 Å². The summed E-state index contributed by atoms with van der Waals surface area (Å²) >= 11 is 0. The lowest BCUT2D eigenvalue weighted by Crippen LogP contribution is -2.29. The molecule has 0 saturated heterocycles. The number of carbonyl (C=O) groups excluding carboxylic acids is 1. The van der Waals surface area contributed by atoms with Crippen LogP contribution in [0.2, 0.25) is 0 Å². The Morgan fingerprint density at radius 3 is 2.38 bits per heavy atom. The molecule has 2 saturated carbocycles. The Morgan fingerprint density at radius 1 is 1.03 bits per heavy atom. The summed E-state index contributed by atoms with van der Waals surface area (Å²) in [6.07, 6.45) is 18.7. The molecule has 0 unspecified atom stereocenters. The maximum Gasteiger partial charge on any atom is 0.309 e. The number of hydrogen-bond acceptors (Lipinski definition) is 3. The molecule has 0 amide bonds. The molecule has 0 radical (unpaired) electrons. The summed E-state index contributed by atoms with van der Waals surface area (Å²) in [6.45, 7) is 2.25. The molecular formula is C30H40FNO2. The van der Waals surface area contributed by atoms with Crippen LogP contribution in [0.25, 0.3) is 0 Å². The number of aryl methyl sites for hydroxylation is 1. The molecule has 0 aromatic heterocycles. The highest BCUT2D eigenvalue weighted by Gasteiger charge is 2.30. The molecule has 184 valence electrons. The number of unbranched alkanes of at least 4 members (excludes halogenated alkanes) is 3. The number of allylic oxidation sites excluding steroid dienone is 4. The van der Waals surface area contributed by atoms with Gasteiger partial charge < -0.3 is 4.74 Å². The molecule has 0 aliphatic heterocycles. The molecule has 2 fully saturated rings. The maximum absolute atomic E-state index is 12.9. The first-order valence-electron chi connectivity index (χ1n) is 13.3. The van der Waals surface area contributed by atoms with Gasteiger partial charge in [0.05, 0.1) is 5.92 Å². The molecule has 2 aliphatic carbocycles. The van der Waals surface area contributed by atoms with E-state index in [0.29, 0.717) is 11.8 Å². The largest absolute Gasteiger partial charge is 0.462 e. The number of rotatable bonds is 10. The Morgan fingerprint density at radius 2 is 1.74 bits per heavy atom. The molecule has 3 rings (SSSR count). The van der Waals surface area contributed by atoms with Crippen molar-refractivity contribution in [3.8, 4) is 6.07 Å². The van der Waals surface area contributed by atoms with Crippen LogP contribution >= 0.6 is 0 Å². The first-order chi connectivity index (χ1) is 16.6. The van der Waals surface area contributed by atoms with Crippen LogP contribution < -0.4 is 0 Å². The van der Waals surface area contributed by atoms with Crippen molar-refractivity contribution in [1.82, 2.24) is 0 Å². The fraction of sp³-hybridized carbons (Fsp3) is 0.600. The van der Waals surface area contributed by atoms with Crippen LogP contribution in [0.3, 0.4) is 0 Å². The summed E-state index contributed by atoms with van der Waals surface area (Å²) in [5.74, 6) is 0.157. The van der Waals surface area contributed by atoms with E-state index >= 15 is 0 Å². The van der Waals surface area contributed by atoms with Gasteiger partial charge >= 0.3 is 5.97 Å². The Balaban J connectivity index is 1.36. The molecular weight excluding hydrogens is 425 g/mol. The molecule has 0 heterocycles. The van der Waals surface area contributed by atoms with Crippen molar-refractivity contribution in [3.63, 3.8) is 0 Å². The van der Waals surface area contributed by atoms with Crippen molar-refractivity contribution >= 4 is 5.97 Å². The standard InChI is InChI=1S/C30H40FNO2/c1-2-3-4-5-7-23-10-14-25(15-11-23)26-16-18-27(19-17-26)30(33)34-29-20-12-24(13-21-29)8-6-9-28(31)22-32/h6,8-11,14-15,24,26-27,29H,2-5,7,12-13,16-21H2,1H3/b8-6+,28-9?/t24?,26-,27-,29?. The SMILES string of the molecule is CCCCCCc1ccc([C@H]2CC[C@H](C(=O)OC3CCC(/C=C/C=C(F)C#N)CC3)CC2)cc1. The van der Waals surface area contributed by atoms with Gasteiger partial charge in [0.1, 0.15) is 12.2 Å². The Kier molecular flexibility index (Phi) is 10.9. The van der Waals surface area contributed by atoms with Crippen molar-refractivity contribution in [2.45, 2.75) is 102 Å². The number of hydrogen-bond donors (Lipinski definition) is 0. The zero-order chi connectivity index (χ0) is 24.2. The van der Waals surface area contributed by atoms with Crippen molar-refractivity contribution in [1.29, 1.82) is 5.26 Å². The molecule has 1 aromatic rings. The van der Waals surface area contributed by atoms with Crippen LogP contribution in [0.4, 0.5) is 4.39 Å². The van der Waals surface area contributed by atoms with Gasteiger partial charge in [-0.15, -0.1) is 0 Å². The van der Waals surface area contributed by atoms with Crippen molar-refractivity contribution in [2.24, 2.45) is 11.8 Å². The van der Waals surface area contributed by atoms with Crippen LogP contribution in [0.15, 0.2) is 48.3 Å². The first-order valence-corrected chi connectivity index (χ1v) is 13.3. The topological polar surface area (TPSA) is 50.1 Å². The van der Waals surface area contributed by atoms with Gasteiger partial charge in [0, 0.05) is 0 Å². The first kappa shape index (κ1) is 26.2. The van der Waals surface area contributed by atoms with E-state index in [1.54, 1.807) is 6.08 Å². The van der Waals surface area contributed by atoms with Gasteiger partial charge in [-0.1, -0.05) is 62.6 Å². The van der Waals surface area contributed by atoms with Gasteiger partial charge in [-0.3, -0.25) is 4.79 Å². The minimum atomic E-state index is -0.775. The number of nitrogens with zero attached hydrogens (tertiary/aromatic N) is 1. The van der Waals surface area contributed by atoms with Crippen LogP contribution in [0, 0.1) is 23.2 Å². The van der Waals surface area contributed by atoms with Crippen LogP contribution in [0.5, 0.6) is 0 Å². The fourth-order valence-electron chi connectivity index (χ4n) is 5.37. The highest BCUT2D eigenvalue weighted by molar-refractivity contribution is 5.72. The van der Waals surface area contributed by atoms with Crippen molar-refractivity contribution < 1.29 is 13.9 Å². The van der Waals surface area contributed by atoms with Crippen LogP contribution in [0.1, 0.15) is 101 Å². The number of ether oxygens (including phenoxy) is 1. The summed E-state index contributed by atoms with van der Waals surface area (Å²) in [4.78, 5) is 12.7. The molecule has 34 heavy (non-hydrogen) atoms. The van der Waals surface area contributed by atoms with Gasteiger partial charge in [-0.25, -0.2) is 0 Å². The van der Waals surface area contributed by atoms with Gasteiger partial charge in [-0.05, 0) is 93.2 Å². The van der Waals surface area contributed by atoms with Gasteiger partial charge in [0.25, 0.3) is 0 Å². The minimum Gasteiger partial charge on any atom is -0.462 e. The number of nitriles is 1. The Labute approximate surface area is 205 Å². The highest BCUT2D eigenvalue weighted by Crippen LogP contribution is 2.37. The second kappa shape index (κ2) is 14.1. The van der Waals surface area contributed by atoms with Gasteiger partial charge in [0.15, 0.2) is 5.83 Å². The summed E-state index contributed by atoms with van der Waals surface area (Å²) in [7, 11) is 0. The number of halogens is 1. The number of carbonyl (C=O) groups is 1. The lowest BCUT2D eigenvalue weighted by molar-refractivity contribution is -0.157. The Hall–Kier alpha value is -2.41. The predicted octanol–water partition coefficient (Wildman–Crippen LogP) is 8.12. The van der Waals surface area contributed by atoms with E-state index in [-0.39, 0.29) is 18.0 Å². The highest BCUT2D eigenvalue weighted by atomic mass is 19.1. The predicted molar refractivity (Wildman–Crippen MR) is 135 cm³/mol. The molecule has 2 aliphatic rings. The zero-order valence-corrected chi connectivity index (χ0v) is 20.7. The van der Waals surface area contributed by atoms with Crippen molar-refractivity contribution in [2.75, 3.05) is 0 Å². The lowest BCUT2D eigenvalue weighted by Gasteiger charge is -2.31.